The maximum atomic E-state index is 14.9. The number of alkyl halides is 6. The third-order valence-electron chi connectivity index (χ3n) is 7.87. The van der Waals surface area contributed by atoms with E-state index in [1.807, 2.05) is 4.90 Å². The Kier molecular flexibility index (Phi) is 9.42. The molecule has 2 aromatic carbocycles. The molecule has 2 N–H and O–H groups in total. The highest BCUT2D eigenvalue weighted by molar-refractivity contribution is 7.11. The van der Waals surface area contributed by atoms with Gasteiger partial charge in [-0.1, -0.05) is 36.4 Å². The normalized spacial score (nSPS) is 15.4. The van der Waals surface area contributed by atoms with Crippen molar-refractivity contribution < 1.29 is 30.7 Å². The average molecular weight is 671 g/mol. The Morgan fingerprint density at radius 2 is 1.57 bits per heavy atom. The molecule has 5 rings (SSSR count). The molecule has 1 aliphatic rings. The van der Waals surface area contributed by atoms with Crippen molar-refractivity contribution in [2.45, 2.75) is 45.0 Å². The van der Waals surface area contributed by atoms with E-state index in [2.05, 4.69) is 4.98 Å². The third-order valence-corrected chi connectivity index (χ3v) is 8.90. The largest absolute Gasteiger partial charge is 0.443 e. The first-order chi connectivity index (χ1) is 21.6. The van der Waals surface area contributed by atoms with Crippen LogP contribution in [0.15, 0.2) is 64.3 Å². The van der Waals surface area contributed by atoms with E-state index in [0.29, 0.717) is 34.9 Å². The second-order valence-electron chi connectivity index (χ2n) is 10.9. The van der Waals surface area contributed by atoms with Gasteiger partial charge in [-0.2, -0.15) is 26.3 Å². The minimum Gasteiger partial charge on any atom is -0.363 e. The van der Waals surface area contributed by atoms with Crippen LogP contribution < -0.4 is 21.9 Å². The summed E-state index contributed by atoms with van der Waals surface area (Å²) in [4.78, 5) is 35.1. The molecule has 0 spiro atoms. The molecule has 1 aliphatic heterocycles. The van der Waals surface area contributed by atoms with Gasteiger partial charge < -0.3 is 10.6 Å². The fourth-order valence-electron chi connectivity index (χ4n) is 5.50. The molecule has 8 nitrogen and oxygen atoms in total. The molecule has 0 aliphatic carbocycles. The van der Waals surface area contributed by atoms with Gasteiger partial charge in [0.25, 0.3) is 5.56 Å². The number of piperazine rings is 1. The third kappa shape index (κ3) is 7.03. The zero-order valence-electron chi connectivity index (χ0n) is 24.4. The highest BCUT2D eigenvalue weighted by Crippen LogP contribution is 2.34. The quantitative estimate of drug-likeness (QED) is 0.265. The zero-order chi connectivity index (χ0) is 33.4. The topological polar surface area (TPSA) is 89.4 Å². The van der Waals surface area contributed by atoms with E-state index >= 15 is 0 Å². The molecule has 1 atom stereocenters. The fraction of sp³-hybridized carbons (Fsp3) is 0.367. The van der Waals surface area contributed by atoms with Crippen LogP contribution in [-0.4, -0.2) is 45.2 Å². The minimum atomic E-state index is -4.91. The molecule has 46 heavy (non-hydrogen) atoms. The monoisotopic (exact) mass is 670 g/mol. The molecule has 0 unspecified atom stereocenters. The highest BCUT2D eigenvalue weighted by atomic mass is 32.1. The van der Waals surface area contributed by atoms with Crippen molar-refractivity contribution in [2.75, 3.05) is 31.1 Å². The van der Waals surface area contributed by atoms with Crippen molar-refractivity contribution in [3.05, 3.63) is 114 Å². The van der Waals surface area contributed by atoms with Gasteiger partial charge in [0.2, 0.25) is 0 Å². The molecule has 3 heterocycles. The van der Waals surface area contributed by atoms with E-state index in [-0.39, 0.29) is 37.6 Å². The fourth-order valence-corrected chi connectivity index (χ4v) is 6.33. The van der Waals surface area contributed by atoms with E-state index < -0.39 is 58.1 Å². The predicted octanol–water partition coefficient (Wildman–Crippen LogP) is 5.02. The van der Waals surface area contributed by atoms with Gasteiger partial charge in [0.15, 0.2) is 5.01 Å². The molecule has 246 valence electrons. The molecule has 4 aromatic rings. The molecular formula is C30H29F7N6O2S. The summed E-state index contributed by atoms with van der Waals surface area (Å²) in [6.45, 7) is 1.60. The van der Waals surface area contributed by atoms with E-state index in [9.17, 15) is 40.3 Å². The number of anilines is 1. The lowest BCUT2D eigenvalue weighted by atomic mass is 10.1. The van der Waals surface area contributed by atoms with E-state index in [4.69, 9.17) is 5.73 Å². The zero-order valence-corrected chi connectivity index (χ0v) is 25.2. The Morgan fingerprint density at radius 1 is 0.891 bits per heavy atom. The summed E-state index contributed by atoms with van der Waals surface area (Å²) in [7, 11) is 0. The number of hydrogen-bond donors (Lipinski definition) is 1. The van der Waals surface area contributed by atoms with Crippen molar-refractivity contribution in [3.8, 4) is 0 Å². The molecule has 1 fully saturated rings. The maximum absolute atomic E-state index is 14.9. The molecule has 0 radical (unpaired) electrons. The summed E-state index contributed by atoms with van der Waals surface area (Å²) in [5.74, 6) is -1.16. The van der Waals surface area contributed by atoms with E-state index in [1.165, 1.54) is 13.1 Å². The first-order valence-corrected chi connectivity index (χ1v) is 15.0. The summed E-state index contributed by atoms with van der Waals surface area (Å²) >= 11 is 0.544. The highest BCUT2D eigenvalue weighted by Gasteiger charge is 2.36. The number of thiazole rings is 1. The summed E-state index contributed by atoms with van der Waals surface area (Å²) in [6.07, 6.45) is -8.28. The molecule has 2 aromatic heterocycles. The standard InChI is InChI=1S/C30H29F7N6O2S/c1-18-25(41-12-10-40(11-13-41)15-20-14-39-27(46-20)30(35,36)37)26(44)43(17-24(38)19-6-3-2-4-7-19)28(45)42(18)16-21-22(29(32,33)34)8-5-9-23(21)31/h2-9,14,24H,10-13,15-17,38H2,1H3/t24-/m0/s1. The van der Waals surface area contributed by atoms with Crippen molar-refractivity contribution in [3.63, 3.8) is 0 Å². The van der Waals surface area contributed by atoms with Gasteiger partial charge >= 0.3 is 18.0 Å². The molecule has 0 bridgehead atoms. The van der Waals surface area contributed by atoms with Crippen molar-refractivity contribution in [2.24, 2.45) is 5.73 Å². The predicted molar refractivity (Wildman–Crippen MR) is 158 cm³/mol. The van der Waals surface area contributed by atoms with Crippen LogP contribution in [0.1, 0.15) is 38.3 Å². The number of benzene rings is 2. The summed E-state index contributed by atoms with van der Waals surface area (Å²) in [6, 6.07) is 10.3. The minimum absolute atomic E-state index is 0.0431. The Hall–Kier alpha value is -4.02. The van der Waals surface area contributed by atoms with Gasteiger partial charge in [-0.15, -0.1) is 11.3 Å². The average Bonchev–Trinajstić information content (AvgIpc) is 3.48. The Balaban J connectivity index is 1.50. The van der Waals surface area contributed by atoms with Crippen LogP contribution >= 0.6 is 11.3 Å². The van der Waals surface area contributed by atoms with Crippen LogP contribution in [0.5, 0.6) is 0 Å². The number of halogens is 7. The molecule has 0 saturated carbocycles. The van der Waals surface area contributed by atoms with Gasteiger partial charge in [0, 0.05) is 61.1 Å². The summed E-state index contributed by atoms with van der Waals surface area (Å²) in [5, 5.41) is -0.947. The van der Waals surface area contributed by atoms with Crippen LogP contribution in [0.25, 0.3) is 0 Å². The van der Waals surface area contributed by atoms with Crippen LogP contribution in [0.4, 0.5) is 36.4 Å². The second-order valence-corrected chi connectivity index (χ2v) is 12.0. The lowest BCUT2D eigenvalue weighted by molar-refractivity contribution is -0.139. The lowest BCUT2D eigenvalue weighted by Gasteiger charge is -2.36. The van der Waals surface area contributed by atoms with Gasteiger partial charge in [0.05, 0.1) is 18.7 Å². The van der Waals surface area contributed by atoms with Gasteiger partial charge in [0.1, 0.15) is 11.5 Å². The number of hydrogen-bond acceptors (Lipinski definition) is 7. The maximum Gasteiger partial charge on any atom is 0.443 e. The number of rotatable bonds is 8. The van der Waals surface area contributed by atoms with Crippen LogP contribution in [0.2, 0.25) is 0 Å². The molecule has 1 saturated heterocycles. The lowest BCUT2D eigenvalue weighted by Crippen LogP contribution is -2.51. The van der Waals surface area contributed by atoms with Gasteiger partial charge in [-0.05, 0) is 24.6 Å². The Morgan fingerprint density at radius 3 is 2.17 bits per heavy atom. The molecule has 16 heteroatoms. The molecule has 0 amide bonds. The second kappa shape index (κ2) is 13.0. The van der Waals surface area contributed by atoms with Gasteiger partial charge in [-0.25, -0.2) is 14.2 Å². The van der Waals surface area contributed by atoms with Crippen molar-refractivity contribution in [1.29, 1.82) is 0 Å². The SMILES string of the molecule is Cc1c(N2CCN(Cc3cnc(C(F)(F)F)s3)CC2)c(=O)n(C[C@H](N)c2ccccc2)c(=O)n1Cc1c(F)cccc1C(F)(F)F. The van der Waals surface area contributed by atoms with E-state index in [1.54, 1.807) is 35.2 Å². The van der Waals surface area contributed by atoms with E-state index in [0.717, 1.165) is 27.3 Å². The van der Waals surface area contributed by atoms with Crippen LogP contribution in [-0.2, 0) is 32.0 Å². The Bertz CT molecular complexity index is 1810. The van der Waals surface area contributed by atoms with Crippen molar-refractivity contribution in [1.82, 2.24) is 19.0 Å². The number of aromatic nitrogens is 3. The van der Waals surface area contributed by atoms with Gasteiger partial charge in [-0.3, -0.25) is 18.8 Å². The van der Waals surface area contributed by atoms with Crippen LogP contribution in [0.3, 0.4) is 0 Å². The number of nitrogens with two attached hydrogens (primary N) is 1. The number of nitrogens with zero attached hydrogens (tertiary/aromatic N) is 5. The summed E-state index contributed by atoms with van der Waals surface area (Å²) < 4.78 is 97.3. The smallest absolute Gasteiger partial charge is 0.363 e. The summed E-state index contributed by atoms with van der Waals surface area (Å²) in [5.41, 5.74) is 3.39. The van der Waals surface area contributed by atoms with Crippen LogP contribution in [0, 0.1) is 12.7 Å². The van der Waals surface area contributed by atoms with Crippen molar-refractivity contribution >= 4 is 17.0 Å². The molecular weight excluding hydrogens is 641 g/mol. The first-order valence-electron chi connectivity index (χ1n) is 14.1. The first kappa shape index (κ1) is 33.3. The Labute approximate surface area is 262 Å².